The topological polar surface area (TPSA) is 84.2 Å². The summed E-state index contributed by atoms with van der Waals surface area (Å²) in [5.41, 5.74) is 4.79. The first-order valence-electron chi connectivity index (χ1n) is 4.56. The normalized spacial score (nSPS) is 20.7. The van der Waals surface area contributed by atoms with Crippen molar-refractivity contribution in [1.82, 2.24) is 10.6 Å². The SMILES string of the molecule is NC(=O)NC(=O)CNCC1CCSC1. The van der Waals surface area contributed by atoms with Gasteiger partial charge in [0.25, 0.3) is 0 Å². The number of amides is 3. The molecule has 4 N–H and O–H groups in total. The number of carbonyl (C=O) groups excluding carboxylic acids is 2. The summed E-state index contributed by atoms with van der Waals surface area (Å²) in [5, 5.41) is 5.00. The van der Waals surface area contributed by atoms with Crippen molar-refractivity contribution in [3.63, 3.8) is 0 Å². The molecule has 14 heavy (non-hydrogen) atoms. The van der Waals surface area contributed by atoms with Gasteiger partial charge in [-0.15, -0.1) is 0 Å². The second-order valence-corrected chi connectivity index (χ2v) is 4.42. The number of thioether (sulfide) groups is 1. The Hall–Kier alpha value is -0.750. The molecule has 80 valence electrons. The summed E-state index contributed by atoms with van der Waals surface area (Å²) in [6.07, 6.45) is 1.20. The molecule has 1 aliphatic rings. The van der Waals surface area contributed by atoms with Crippen LogP contribution in [0.1, 0.15) is 6.42 Å². The molecule has 6 heteroatoms. The molecule has 0 aromatic carbocycles. The van der Waals surface area contributed by atoms with Gasteiger partial charge in [-0.1, -0.05) is 0 Å². The molecule has 0 radical (unpaired) electrons. The van der Waals surface area contributed by atoms with Gasteiger partial charge in [0.1, 0.15) is 0 Å². The van der Waals surface area contributed by atoms with Crippen molar-refractivity contribution in [3.8, 4) is 0 Å². The van der Waals surface area contributed by atoms with Crippen LogP contribution in [-0.4, -0.2) is 36.5 Å². The van der Waals surface area contributed by atoms with E-state index < -0.39 is 6.03 Å². The highest BCUT2D eigenvalue weighted by atomic mass is 32.2. The number of imide groups is 1. The predicted octanol–water partition coefficient (Wildman–Crippen LogP) is -0.476. The maximum atomic E-state index is 10.9. The molecule has 0 spiro atoms. The lowest BCUT2D eigenvalue weighted by Crippen LogP contribution is -2.41. The van der Waals surface area contributed by atoms with E-state index in [1.807, 2.05) is 17.1 Å². The average Bonchev–Trinajstić information content (AvgIpc) is 2.55. The van der Waals surface area contributed by atoms with Gasteiger partial charge >= 0.3 is 6.03 Å². The Labute approximate surface area is 87.2 Å². The fraction of sp³-hybridized carbons (Fsp3) is 0.750. The highest BCUT2D eigenvalue weighted by Gasteiger charge is 2.15. The van der Waals surface area contributed by atoms with Crippen molar-refractivity contribution < 1.29 is 9.59 Å². The molecule has 3 amide bonds. The third kappa shape index (κ3) is 4.48. The highest BCUT2D eigenvalue weighted by molar-refractivity contribution is 7.99. The molecule has 1 aliphatic heterocycles. The van der Waals surface area contributed by atoms with Crippen LogP contribution in [0.2, 0.25) is 0 Å². The van der Waals surface area contributed by atoms with E-state index >= 15 is 0 Å². The third-order valence-electron chi connectivity index (χ3n) is 2.01. The average molecular weight is 217 g/mol. The highest BCUT2D eigenvalue weighted by Crippen LogP contribution is 2.22. The van der Waals surface area contributed by atoms with Crippen LogP contribution < -0.4 is 16.4 Å². The number of nitrogens with two attached hydrogens (primary N) is 1. The number of urea groups is 1. The molecule has 1 heterocycles. The van der Waals surface area contributed by atoms with Gasteiger partial charge in [-0.25, -0.2) is 4.79 Å². The Morgan fingerprint density at radius 3 is 2.86 bits per heavy atom. The van der Waals surface area contributed by atoms with E-state index in [2.05, 4.69) is 5.32 Å². The predicted molar refractivity (Wildman–Crippen MR) is 56.0 cm³/mol. The van der Waals surface area contributed by atoms with Gasteiger partial charge in [0.05, 0.1) is 6.54 Å². The van der Waals surface area contributed by atoms with E-state index in [-0.39, 0.29) is 12.5 Å². The second-order valence-electron chi connectivity index (χ2n) is 3.27. The first-order valence-corrected chi connectivity index (χ1v) is 5.71. The first kappa shape index (κ1) is 11.3. The zero-order valence-corrected chi connectivity index (χ0v) is 8.73. The fourth-order valence-electron chi connectivity index (χ4n) is 1.32. The molecule has 1 rings (SSSR count). The molecule has 5 nitrogen and oxygen atoms in total. The lowest BCUT2D eigenvalue weighted by atomic mass is 10.1. The minimum atomic E-state index is -0.798. The summed E-state index contributed by atoms with van der Waals surface area (Å²) >= 11 is 1.94. The van der Waals surface area contributed by atoms with Crippen LogP contribution in [0.3, 0.4) is 0 Å². The molecule has 1 saturated heterocycles. The summed E-state index contributed by atoms with van der Waals surface area (Å²) < 4.78 is 0. The lowest BCUT2D eigenvalue weighted by Gasteiger charge is -2.08. The number of hydrogen-bond acceptors (Lipinski definition) is 4. The molecule has 0 saturated carbocycles. The lowest BCUT2D eigenvalue weighted by molar-refractivity contribution is -0.119. The van der Waals surface area contributed by atoms with Crippen molar-refractivity contribution >= 4 is 23.7 Å². The third-order valence-corrected chi connectivity index (χ3v) is 3.24. The summed E-state index contributed by atoms with van der Waals surface area (Å²) in [7, 11) is 0. The summed E-state index contributed by atoms with van der Waals surface area (Å²) in [6, 6.07) is -0.798. The smallest absolute Gasteiger partial charge is 0.318 e. The van der Waals surface area contributed by atoms with Gasteiger partial charge in [-0.3, -0.25) is 10.1 Å². The van der Waals surface area contributed by atoms with Crippen molar-refractivity contribution in [2.45, 2.75) is 6.42 Å². The molecule has 1 unspecified atom stereocenters. The fourth-order valence-corrected chi connectivity index (χ4v) is 2.60. The van der Waals surface area contributed by atoms with E-state index in [4.69, 9.17) is 5.73 Å². The summed E-state index contributed by atoms with van der Waals surface area (Å²) in [4.78, 5) is 21.2. The van der Waals surface area contributed by atoms with Crippen molar-refractivity contribution in [2.75, 3.05) is 24.6 Å². The molecule has 0 bridgehead atoms. The summed E-state index contributed by atoms with van der Waals surface area (Å²) in [6.45, 7) is 0.989. The Kier molecular flexibility index (Phi) is 4.75. The van der Waals surface area contributed by atoms with E-state index in [0.29, 0.717) is 5.92 Å². The van der Waals surface area contributed by atoms with Crippen LogP contribution in [0.5, 0.6) is 0 Å². The molecular formula is C8H15N3O2S. The van der Waals surface area contributed by atoms with Gasteiger partial charge in [0, 0.05) is 0 Å². The Bertz CT molecular complexity index is 217. The molecule has 0 aromatic rings. The van der Waals surface area contributed by atoms with Crippen molar-refractivity contribution in [1.29, 1.82) is 0 Å². The van der Waals surface area contributed by atoms with E-state index in [1.165, 1.54) is 12.2 Å². The maximum absolute atomic E-state index is 10.9. The van der Waals surface area contributed by atoms with E-state index in [1.54, 1.807) is 0 Å². The van der Waals surface area contributed by atoms with Crippen molar-refractivity contribution in [3.05, 3.63) is 0 Å². The van der Waals surface area contributed by atoms with Gasteiger partial charge in [-0.2, -0.15) is 11.8 Å². The standard InChI is InChI=1S/C8H15N3O2S/c9-8(13)11-7(12)4-10-3-6-1-2-14-5-6/h6,10H,1-5H2,(H3,9,11,12,13). The van der Waals surface area contributed by atoms with Gasteiger partial charge in [-0.05, 0) is 30.4 Å². The van der Waals surface area contributed by atoms with Gasteiger partial charge in [0.2, 0.25) is 5.91 Å². The Morgan fingerprint density at radius 2 is 2.29 bits per heavy atom. The van der Waals surface area contributed by atoms with Gasteiger partial charge < -0.3 is 11.1 Å². The Morgan fingerprint density at radius 1 is 1.50 bits per heavy atom. The minimum absolute atomic E-state index is 0.157. The van der Waals surface area contributed by atoms with Crippen LogP contribution in [0.15, 0.2) is 0 Å². The molecule has 1 atom stereocenters. The summed E-state index contributed by atoms with van der Waals surface area (Å²) in [5.74, 6) is 2.65. The van der Waals surface area contributed by atoms with Crippen LogP contribution in [0.4, 0.5) is 4.79 Å². The Balaban J connectivity index is 2.02. The number of hydrogen-bond donors (Lipinski definition) is 3. The second kappa shape index (κ2) is 5.87. The first-order chi connectivity index (χ1) is 6.68. The largest absolute Gasteiger partial charge is 0.351 e. The van der Waals surface area contributed by atoms with E-state index in [9.17, 15) is 9.59 Å². The molecule has 0 aromatic heterocycles. The maximum Gasteiger partial charge on any atom is 0.318 e. The van der Waals surface area contributed by atoms with Gasteiger partial charge in [0.15, 0.2) is 0 Å². The van der Waals surface area contributed by atoms with Crippen LogP contribution in [0, 0.1) is 5.92 Å². The minimum Gasteiger partial charge on any atom is -0.351 e. The number of rotatable bonds is 4. The van der Waals surface area contributed by atoms with Crippen LogP contribution in [-0.2, 0) is 4.79 Å². The van der Waals surface area contributed by atoms with Crippen LogP contribution >= 0.6 is 11.8 Å². The van der Waals surface area contributed by atoms with E-state index in [0.717, 1.165) is 12.3 Å². The number of carbonyl (C=O) groups is 2. The van der Waals surface area contributed by atoms with Crippen molar-refractivity contribution in [2.24, 2.45) is 11.7 Å². The molecular weight excluding hydrogens is 202 g/mol. The number of nitrogens with one attached hydrogen (secondary N) is 2. The van der Waals surface area contributed by atoms with Crippen LogP contribution in [0.25, 0.3) is 0 Å². The zero-order chi connectivity index (χ0) is 10.4. The molecule has 0 aliphatic carbocycles. The number of primary amides is 1. The monoisotopic (exact) mass is 217 g/mol. The molecule has 1 fully saturated rings. The quantitative estimate of drug-likeness (QED) is 0.594. The zero-order valence-electron chi connectivity index (χ0n) is 7.91.